The summed E-state index contributed by atoms with van der Waals surface area (Å²) in [5.41, 5.74) is -0.332. The van der Waals surface area contributed by atoms with Gasteiger partial charge in [0.25, 0.3) is 0 Å². The molecule has 1 aromatic rings. The lowest BCUT2D eigenvalue weighted by Gasteiger charge is -2.65. The number of nitrogens with zero attached hydrogens (tertiary/aromatic N) is 2. The Labute approximate surface area is 375 Å². The van der Waals surface area contributed by atoms with E-state index in [4.69, 9.17) is 14.2 Å². The van der Waals surface area contributed by atoms with Crippen molar-refractivity contribution >= 4 is 6.09 Å². The van der Waals surface area contributed by atoms with E-state index >= 15 is 0 Å². The first-order valence-corrected chi connectivity index (χ1v) is 26.8. The Morgan fingerprint density at radius 2 is 1.03 bits per heavy atom. The third-order valence-electron chi connectivity index (χ3n) is 19.9. The van der Waals surface area contributed by atoms with E-state index < -0.39 is 11.7 Å². The number of fused-ring (bicyclic) bond motifs is 5. The van der Waals surface area contributed by atoms with Crippen LogP contribution in [-0.4, -0.2) is 71.1 Å². The number of rotatable bonds is 12. The highest BCUT2D eigenvalue weighted by molar-refractivity contribution is 5.66. The summed E-state index contributed by atoms with van der Waals surface area (Å²) in [5, 5.41) is 11.6. The van der Waals surface area contributed by atoms with Crippen LogP contribution in [0.2, 0.25) is 0 Å². The molecule has 3 aliphatic heterocycles. The van der Waals surface area contributed by atoms with E-state index in [1.54, 1.807) is 14.2 Å². The minimum absolute atomic E-state index is 0.0376. The molecule has 62 heavy (non-hydrogen) atoms. The lowest BCUT2D eigenvalue weighted by atomic mass is 9.35. The summed E-state index contributed by atoms with van der Waals surface area (Å²) in [6.07, 6.45) is 44.7. The second-order valence-corrected chi connectivity index (χ2v) is 22.6. The molecule has 6 unspecified atom stereocenters. The van der Waals surface area contributed by atoms with Crippen molar-refractivity contribution in [3.05, 3.63) is 35.9 Å². The van der Waals surface area contributed by atoms with Crippen molar-refractivity contribution in [1.29, 1.82) is 0 Å². The van der Waals surface area contributed by atoms with Gasteiger partial charge in [-0.05, 0) is 124 Å². The summed E-state index contributed by atoms with van der Waals surface area (Å²) in [7, 11) is 3.39. The van der Waals surface area contributed by atoms with Gasteiger partial charge in [-0.1, -0.05) is 128 Å². The summed E-state index contributed by atoms with van der Waals surface area (Å²) in [6, 6.07) is 7.53. The Balaban J connectivity index is 1.27. The van der Waals surface area contributed by atoms with Crippen LogP contribution >= 0.6 is 0 Å². The van der Waals surface area contributed by atoms with Gasteiger partial charge < -0.3 is 24.2 Å². The molecule has 8 fully saturated rings. The third kappa shape index (κ3) is 6.85. The number of hydrogen-bond donors (Lipinski definition) is 1. The minimum Gasteiger partial charge on any atom is -0.497 e. The Bertz CT molecular complexity index is 1690. The first-order valence-electron chi connectivity index (χ1n) is 26.8. The van der Waals surface area contributed by atoms with E-state index in [2.05, 4.69) is 17.1 Å². The molecule has 7 nitrogen and oxygen atoms in total. The molecule has 1 aromatic carbocycles. The molecule has 1 N–H and O–H groups in total. The number of likely N-dealkylation sites (tertiary alicyclic amines) is 1. The number of carboxylic acid groups (broad SMARTS) is 1. The molecule has 1 amide bonds. The molecule has 9 aliphatic rings. The Hall–Kier alpha value is -2.25. The van der Waals surface area contributed by atoms with Crippen LogP contribution in [0.3, 0.4) is 0 Å². The predicted molar refractivity (Wildman–Crippen MR) is 248 cm³/mol. The highest BCUT2D eigenvalue weighted by Gasteiger charge is 2.91. The van der Waals surface area contributed by atoms with Gasteiger partial charge >= 0.3 is 6.09 Å². The summed E-state index contributed by atoms with van der Waals surface area (Å²) < 4.78 is 20.3. The number of benzene rings is 1. The second kappa shape index (κ2) is 18.2. The average Bonchev–Trinajstić information content (AvgIpc) is 3.95. The second-order valence-electron chi connectivity index (χ2n) is 22.6. The van der Waals surface area contributed by atoms with E-state index in [1.807, 2.05) is 23.1 Å². The normalized spacial score (nSPS) is 37.1. The monoisotopic (exact) mass is 853 g/mol. The van der Waals surface area contributed by atoms with Gasteiger partial charge in [0.15, 0.2) is 0 Å². The maximum absolute atomic E-state index is 14.2. The van der Waals surface area contributed by atoms with Crippen LogP contribution in [0.25, 0.3) is 0 Å². The van der Waals surface area contributed by atoms with E-state index in [9.17, 15) is 9.90 Å². The summed E-state index contributed by atoms with van der Waals surface area (Å²) >= 11 is 0. The maximum Gasteiger partial charge on any atom is 0.407 e. The van der Waals surface area contributed by atoms with E-state index in [1.165, 1.54) is 193 Å². The summed E-state index contributed by atoms with van der Waals surface area (Å²) in [4.78, 5) is 19.5. The molecule has 0 aromatic heterocycles. The first-order chi connectivity index (χ1) is 30.4. The van der Waals surface area contributed by atoms with E-state index in [0.29, 0.717) is 72.3 Å². The average molecular weight is 853 g/mol. The molecular formula is C55H84N2O5. The molecule has 10 rings (SSSR count). The number of carbonyl (C=O) groups is 1. The van der Waals surface area contributed by atoms with Crippen molar-refractivity contribution in [2.24, 2.45) is 40.4 Å². The van der Waals surface area contributed by atoms with Crippen molar-refractivity contribution in [3.63, 3.8) is 0 Å². The van der Waals surface area contributed by atoms with Gasteiger partial charge in [0.2, 0.25) is 0 Å². The number of amides is 1. The molecule has 2 bridgehead atoms. The Morgan fingerprint density at radius 3 is 1.52 bits per heavy atom. The van der Waals surface area contributed by atoms with Crippen LogP contribution in [0.5, 0.6) is 11.5 Å². The third-order valence-corrected chi connectivity index (χ3v) is 19.9. The fraction of sp³-hybridized carbons (Fsp3) is 0.836. The lowest BCUT2D eigenvalue weighted by molar-refractivity contribution is -0.163. The quantitative estimate of drug-likeness (QED) is 0.211. The molecule has 3 heterocycles. The van der Waals surface area contributed by atoms with E-state index in [0.717, 1.165) is 5.56 Å². The minimum atomic E-state index is -0.831. The van der Waals surface area contributed by atoms with Gasteiger partial charge in [0.1, 0.15) is 17.1 Å². The van der Waals surface area contributed by atoms with Crippen molar-refractivity contribution in [1.82, 2.24) is 9.80 Å². The summed E-state index contributed by atoms with van der Waals surface area (Å²) in [5.74, 6) is 4.39. The topological polar surface area (TPSA) is 71.5 Å². The van der Waals surface area contributed by atoms with Gasteiger partial charge in [-0.25, -0.2) is 4.79 Å². The molecule has 344 valence electrons. The van der Waals surface area contributed by atoms with Crippen LogP contribution < -0.4 is 9.47 Å². The van der Waals surface area contributed by atoms with Crippen LogP contribution in [0.1, 0.15) is 198 Å². The fourth-order valence-electron chi connectivity index (χ4n) is 18.2. The zero-order valence-electron chi connectivity index (χ0n) is 39.1. The number of ether oxygens (including phenoxy) is 3. The maximum atomic E-state index is 14.2. The van der Waals surface area contributed by atoms with Crippen molar-refractivity contribution in [2.75, 3.05) is 20.8 Å². The molecule has 2 saturated heterocycles. The van der Waals surface area contributed by atoms with Crippen molar-refractivity contribution in [2.45, 2.75) is 228 Å². The standard InChI is InChI=1S/C55H84N2O5/c1-60-47-35-40(36-48(37-47)61-2)38-56(51(58)59)39-52-33-34-53(62-52,43-25-13-5-14-26-43)55(45-29-17-7-18-30-45)50(42-23-11-4-12-24-42)57(46-31-19-8-20-32-46)49(41-21-9-3-10-22-41)54(52,55)44-27-15-6-16-28-44/h33-37,41-46,49-50H,3-32,38-39H2,1-2H3,(H,58,59). The largest absolute Gasteiger partial charge is 0.497 e. The van der Waals surface area contributed by atoms with Crippen LogP contribution in [0, 0.1) is 40.4 Å². The molecule has 6 aliphatic carbocycles. The van der Waals surface area contributed by atoms with Gasteiger partial charge in [-0.15, -0.1) is 0 Å². The highest BCUT2D eigenvalue weighted by Crippen LogP contribution is 2.85. The molecule has 0 spiro atoms. The highest BCUT2D eigenvalue weighted by atomic mass is 16.5. The molecule has 6 saturated carbocycles. The number of hydrogen-bond acceptors (Lipinski definition) is 5. The zero-order valence-corrected chi connectivity index (χ0v) is 39.1. The Kier molecular flexibility index (Phi) is 12.8. The molecule has 6 atom stereocenters. The number of methoxy groups -OCH3 is 2. The smallest absolute Gasteiger partial charge is 0.407 e. The van der Waals surface area contributed by atoms with Crippen LogP contribution in [-0.2, 0) is 11.3 Å². The van der Waals surface area contributed by atoms with Gasteiger partial charge in [-0.3, -0.25) is 4.90 Å². The molecule has 7 heteroatoms. The van der Waals surface area contributed by atoms with Gasteiger partial charge in [-0.2, -0.15) is 0 Å². The molecular weight excluding hydrogens is 769 g/mol. The van der Waals surface area contributed by atoms with Crippen LogP contribution in [0.4, 0.5) is 4.79 Å². The Morgan fingerprint density at radius 1 is 0.597 bits per heavy atom. The zero-order chi connectivity index (χ0) is 42.4. The molecule has 0 radical (unpaired) electrons. The van der Waals surface area contributed by atoms with Crippen molar-refractivity contribution in [3.8, 4) is 11.5 Å². The van der Waals surface area contributed by atoms with Crippen LogP contribution in [0.15, 0.2) is 30.4 Å². The van der Waals surface area contributed by atoms with Gasteiger partial charge in [0.05, 0.1) is 26.4 Å². The lowest BCUT2D eigenvalue weighted by Crippen LogP contribution is -2.71. The first kappa shape index (κ1) is 43.6. The predicted octanol–water partition coefficient (Wildman–Crippen LogP) is 13.5. The van der Waals surface area contributed by atoms with Gasteiger partial charge in [0, 0.05) is 41.6 Å². The van der Waals surface area contributed by atoms with E-state index in [-0.39, 0.29) is 16.4 Å². The SMILES string of the molecule is COc1cc(CN(CC23C=CC(C4CCCCC4)(O2)C2(C4CCCCC4)C(C4CCCCC4)N(C4CCCCC4)C(C4CCCCC4)C32C2CCCCC2)C(=O)O)cc(OC)c1. The summed E-state index contributed by atoms with van der Waals surface area (Å²) in [6.45, 7) is 0.707. The fourth-order valence-corrected chi connectivity index (χ4v) is 18.2. The van der Waals surface area contributed by atoms with Crippen molar-refractivity contribution < 1.29 is 24.1 Å².